The van der Waals surface area contributed by atoms with Gasteiger partial charge in [-0.15, -0.1) is 0 Å². The summed E-state index contributed by atoms with van der Waals surface area (Å²) in [6.45, 7) is 0. The van der Waals surface area contributed by atoms with Crippen LogP contribution in [0.1, 0.15) is 0 Å². The van der Waals surface area contributed by atoms with Gasteiger partial charge in [0.05, 0.1) is 22.1 Å². The van der Waals surface area contributed by atoms with E-state index in [-0.39, 0.29) is 0 Å². The van der Waals surface area contributed by atoms with Crippen LogP contribution in [0.5, 0.6) is 0 Å². The summed E-state index contributed by atoms with van der Waals surface area (Å²) < 4.78 is 4.74. The van der Waals surface area contributed by atoms with Crippen LogP contribution in [0.25, 0.3) is 110 Å². The predicted octanol–water partition coefficient (Wildman–Crippen LogP) is 15.7. The van der Waals surface area contributed by atoms with Crippen LogP contribution in [-0.4, -0.2) is 9.13 Å². The third kappa shape index (κ3) is 5.50. The van der Waals surface area contributed by atoms with Crippen molar-refractivity contribution in [2.75, 3.05) is 0 Å². The maximum Gasteiger partial charge on any atom is 0.0541 e. The molecule has 0 spiro atoms. The molecule has 12 rings (SSSR count). The highest BCUT2D eigenvalue weighted by Gasteiger charge is 2.15. The summed E-state index contributed by atoms with van der Waals surface area (Å²) in [6, 6.07) is 84.1. The van der Waals surface area contributed by atoms with Gasteiger partial charge in [0, 0.05) is 32.9 Å². The van der Waals surface area contributed by atoms with E-state index >= 15 is 0 Å². The van der Waals surface area contributed by atoms with Crippen LogP contribution in [-0.2, 0) is 0 Å². The minimum Gasteiger partial charge on any atom is -0.309 e. The first kappa shape index (κ1) is 34.1. The van der Waals surface area contributed by atoms with Gasteiger partial charge in [0.15, 0.2) is 0 Å². The maximum absolute atomic E-state index is 2.37. The maximum atomic E-state index is 2.37. The molecule has 10 aromatic carbocycles. The largest absolute Gasteiger partial charge is 0.309 e. The lowest BCUT2D eigenvalue weighted by atomic mass is 9.90. The molecule has 0 unspecified atom stereocenters. The lowest BCUT2D eigenvalue weighted by Gasteiger charge is -2.14. The highest BCUT2D eigenvalue weighted by atomic mass is 15.0. The number of aromatic nitrogens is 2. The summed E-state index contributed by atoms with van der Waals surface area (Å²) in [4.78, 5) is 0. The molecular weight excluding hydrogens is 725 g/mol. The summed E-state index contributed by atoms with van der Waals surface area (Å²) in [5.41, 5.74) is 16.9. The van der Waals surface area contributed by atoms with Crippen LogP contribution in [0.3, 0.4) is 0 Å². The summed E-state index contributed by atoms with van der Waals surface area (Å²) in [7, 11) is 0. The number of fused-ring (bicyclic) bond motifs is 7. The van der Waals surface area contributed by atoms with Crippen LogP contribution in [0.2, 0.25) is 0 Å². The Balaban J connectivity index is 0.840. The number of para-hydroxylation sites is 4. The third-order valence-electron chi connectivity index (χ3n) is 12.4. The number of rotatable bonds is 6. The number of nitrogens with zero attached hydrogens (tertiary/aromatic N) is 2. The van der Waals surface area contributed by atoms with Gasteiger partial charge in [-0.05, 0) is 104 Å². The van der Waals surface area contributed by atoms with Gasteiger partial charge in [0.25, 0.3) is 0 Å². The Hall–Kier alpha value is -7.94. The fraction of sp³-hybridized carbons (Fsp3) is 0. The second-order valence-electron chi connectivity index (χ2n) is 15.7. The Morgan fingerprint density at radius 3 is 0.833 bits per heavy atom. The zero-order valence-electron chi connectivity index (χ0n) is 32.8. The van der Waals surface area contributed by atoms with Crippen molar-refractivity contribution >= 4 is 54.4 Å². The van der Waals surface area contributed by atoms with Crippen LogP contribution >= 0.6 is 0 Å². The van der Waals surface area contributed by atoms with E-state index in [0.29, 0.717) is 0 Å². The Bertz CT molecular complexity index is 3210. The highest BCUT2D eigenvalue weighted by Crippen LogP contribution is 2.39. The second-order valence-corrected chi connectivity index (χ2v) is 15.7. The average Bonchev–Trinajstić information content (AvgIpc) is 3.85. The minimum absolute atomic E-state index is 1.16. The monoisotopic (exact) mass is 762 g/mol. The summed E-state index contributed by atoms with van der Waals surface area (Å²) >= 11 is 0. The molecule has 12 aromatic rings. The molecule has 280 valence electrons. The Morgan fingerprint density at radius 2 is 0.500 bits per heavy atom. The molecule has 2 heterocycles. The Morgan fingerprint density at radius 1 is 0.217 bits per heavy atom. The summed E-state index contributed by atoms with van der Waals surface area (Å²) in [5, 5.41) is 7.61. The standard InChI is InChI=1S/C58H38N2/c1-5-19-54-50(13-1)51-14-2-6-20-55(51)59(54)46-35-31-41(32-36-46)39-23-27-43(28-24-39)48-17-9-11-45-12-10-18-49(58(45)48)44-29-25-40(26-30-44)42-33-37-47(38-34-42)60-56-21-7-3-15-52(56)53-16-4-8-22-57(53)60/h1-38H. The molecule has 60 heavy (non-hydrogen) atoms. The molecule has 0 aliphatic carbocycles. The van der Waals surface area contributed by atoms with Crippen molar-refractivity contribution in [2.45, 2.75) is 0 Å². The van der Waals surface area contributed by atoms with Gasteiger partial charge in [-0.3, -0.25) is 0 Å². The zero-order chi connectivity index (χ0) is 39.6. The van der Waals surface area contributed by atoms with Gasteiger partial charge in [0.2, 0.25) is 0 Å². The quantitative estimate of drug-likeness (QED) is 0.160. The van der Waals surface area contributed by atoms with Crippen LogP contribution < -0.4 is 0 Å². The van der Waals surface area contributed by atoms with Gasteiger partial charge in [0.1, 0.15) is 0 Å². The Kier molecular flexibility index (Phi) is 7.89. The first-order valence-corrected chi connectivity index (χ1v) is 20.7. The molecule has 0 aliphatic rings. The molecule has 0 fully saturated rings. The molecule has 0 radical (unpaired) electrons. The van der Waals surface area contributed by atoms with Crippen molar-refractivity contribution in [3.8, 4) is 55.9 Å². The van der Waals surface area contributed by atoms with Crippen molar-refractivity contribution in [3.05, 3.63) is 231 Å². The van der Waals surface area contributed by atoms with Gasteiger partial charge in [-0.1, -0.05) is 182 Å². The van der Waals surface area contributed by atoms with Crippen molar-refractivity contribution in [2.24, 2.45) is 0 Å². The predicted molar refractivity (Wildman–Crippen MR) is 254 cm³/mol. The first-order valence-electron chi connectivity index (χ1n) is 20.7. The molecule has 2 nitrogen and oxygen atoms in total. The zero-order valence-corrected chi connectivity index (χ0v) is 32.8. The van der Waals surface area contributed by atoms with Crippen molar-refractivity contribution in [1.82, 2.24) is 9.13 Å². The van der Waals surface area contributed by atoms with E-state index in [9.17, 15) is 0 Å². The van der Waals surface area contributed by atoms with E-state index in [1.165, 1.54) is 98.9 Å². The van der Waals surface area contributed by atoms with E-state index in [4.69, 9.17) is 0 Å². The topological polar surface area (TPSA) is 9.86 Å². The fourth-order valence-electron chi connectivity index (χ4n) is 9.51. The van der Waals surface area contributed by atoms with Gasteiger partial charge >= 0.3 is 0 Å². The smallest absolute Gasteiger partial charge is 0.0541 e. The molecule has 0 aliphatic heterocycles. The van der Waals surface area contributed by atoms with E-state index in [1.54, 1.807) is 0 Å². The second kappa shape index (κ2) is 13.9. The Labute approximate surface area is 348 Å². The van der Waals surface area contributed by atoms with Crippen LogP contribution in [0, 0.1) is 0 Å². The van der Waals surface area contributed by atoms with Crippen LogP contribution in [0.15, 0.2) is 231 Å². The fourth-order valence-corrected chi connectivity index (χ4v) is 9.51. The van der Waals surface area contributed by atoms with Crippen molar-refractivity contribution < 1.29 is 0 Å². The molecule has 0 saturated heterocycles. The van der Waals surface area contributed by atoms with Crippen LogP contribution in [0.4, 0.5) is 0 Å². The molecule has 0 bridgehead atoms. The number of hydrogen-bond donors (Lipinski definition) is 0. The van der Waals surface area contributed by atoms with Gasteiger partial charge in [-0.25, -0.2) is 0 Å². The lowest BCUT2D eigenvalue weighted by Crippen LogP contribution is -1.93. The molecule has 2 aromatic heterocycles. The van der Waals surface area contributed by atoms with Crippen molar-refractivity contribution in [3.63, 3.8) is 0 Å². The number of hydrogen-bond acceptors (Lipinski definition) is 0. The molecule has 0 amide bonds. The van der Waals surface area contributed by atoms with Gasteiger partial charge in [-0.2, -0.15) is 0 Å². The van der Waals surface area contributed by atoms with E-state index in [1.807, 2.05) is 0 Å². The molecular formula is C58H38N2. The molecule has 2 heteroatoms. The third-order valence-corrected chi connectivity index (χ3v) is 12.4. The summed E-state index contributed by atoms with van der Waals surface area (Å²) in [5.74, 6) is 0. The summed E-state index contributed by atoms with van der Waals surface area (Å²) in [6.07, 6.45) is 0. The van der Waals surface area contributed by atoms with E-state index < -0.39 is 0 Å². The number of benzene rings is 10. The lowest BCUT2D eigenvalue weighted by molar-refractivity contribution is 1.18. The minimum atomic E-state index is 1.16. The molecule has 0 atom stereocenters. The van der Waals surface area contributed by atoms with Crippen molar-refractivity contribution in [1.29, 1.82) is 0 Å². The SMILES string of the molecule is c1cc(-c2ccc(-c3ccc(-n4c5ccccc5c5ccccc54)cc3)cc2)c2c(-c3ccc(-c4ccc(-n5c6ccccc6c6ccccc65)cc4)cc3)cccc2c1. The average molecular weight is 763 g/mol. The molecule has 0 saturated carbocycles. The van der Waals surface area contributed by atoms with E-state index in [0.717, 1.165) is 11.4 Å². The van der Waals surface area contributed by atoms with E-state index in [2.05, 4.69) is 240 Å². The molecule has 0 N–H and O–H groups in total. The highest BCUT2D eigenvalue weighted by molar-refractivity contribution is 6.10. The van der Waals surface area contributed by atoms with Gasteiger partial charge < -0.3 is 9.13 Å². The first-order chi connectivity index (χ1) is 29.8. The normalized spacial score (nSPS) is 11.7.